The highest BCUT2D eigenvalue weighted by Crippen LogP contribution is 2.28. The molecule has 6 heteroatoms. The van der Waals surface area contributed by atoms with Crippen molar-refractivity contribution in [2.24, 2.45) is 0 Å². The quantitative estimate of drug-likeness (QED) is 0.491. The molecule has 4 rings (SSSR count). The molecule has 2 heterocycles. The zero-order chi connectivity index (χ0) is 19.0. The summed E-state index contributed by atoms with van der Waals surface area (Å²) in [5, 5.41) is 3.96. The number of aryl methyl sites for hydroxylation is 1. The van der Waals surface area contributed by atoms with Gasteiger partial charge in [-0.15, -0.1) is 0 Å². The van der Waals surface area contributed by atoms with Crippen LogP contribution >= 0.6 is 23.8 Å². The van der Waals surface area contributed by atoms with Crippen molar-refractivity contribution in [3.63, 3.8) is 0 Å². The zero-order valence-corrected chi connectivity index (χ0v) is 16.0. The Bertz CT molecular complexity index is 1090. The molecule has 1 amide bonds. The van der Waals surface area contributed by atoms with Crippen LogP contribution in [0.3, 0.4) is 0 Å². The van der Waals surface area contributed by atoms with E-state index in [2.05, 4.69) is 5.32 Å². The van der Waals surface area contributed by atoms with Gasteiger partial charge in [0.05, 0.1) is 5.69 Å². The molecule has 1 fully saturated rings. The molecule has 134 valence electrons. The zero-order valence-electron chi connectivity index (χ0n) is 14.4. The van der Waals surface area contributed by atoms with E-state index in [1.54, 1.807) is 18.2 Å². The Morgan fingerprint density at radius 3 is 2.70 bits per heavy atom. The summed E-state index contributed by atoms with van der Waals surface area (Å²) < 4.78 is 5.85. The average molecular weight is 395 g/mol. The fraction of sp³-hybridized carbons (Fsp3) is 0.0476. The minimum absolute atomic E-state index is 0.213. The summed E-state index contributed by atoms with van der Waals surface area (Å²) in [5.74, 6) is 1.01. The van der Waals surface area contributed by atoms with Gasteiger partial charge in [-0.05, 0) is 55.0 Å². The molecule has 1 saturated heterocycles. The lowest BCUT2D eigenvalue weighted by Gasteiger charge is -2.16. The smallest absolute Gasteiger partial charge is 0.281 e. The molecular weight excluding hydrogens is 380 g/mol. The van der Waals surface area contributed by atoms with Crippen LogP contribution in [0.4, 0.5) is 5.69 Å². The molecule has 3 aromatic rings. The van der Waals surface area contributed by atoms with Crippen molar-refractivity contribution < 1.29 is 9.21 Å². The van der Waals surface area contributed by atoms with Crippen molar-refractivity contribution in [1.29, 1.82) is 0 Å². The summed E-state index contributed by atoms with van der Waals surface area (Å²) in [6.07, 6.45) is 1.65. The third kappa shape index (κ3) is 3.39. The van der Waals surface area contributed by atoms with E-state index in [-0.39, 0.29) is 5.91 Å². The molecule has 1 aromatic heterocycles. The van der Waals surface area contributed by atoms with E-state index in [0.29, 0.717) is 27.4 Å². The van der Waals surface area contributed by atoms with Crippen molar-refractivity contribution >= 4 is 46.6 Å². The Labute approximate surface area is 167 Å². The average Bonchev–Trinajstić information content (AvgIpc) is 3.21. The summed E-state index contributed by atoms with van der Waals surface area (Å²) in [6.45, 7) is 1.94. The van der Waals surface area contributed by atoms with Crippen LogP contribution in [0.15, 0.2) is 70.8 Å². The van der Waals surface area contributed by atoms with Crippen molar-refractivity contribution in [3.8, 4) is 11.3 Å². The summed E-state index contributed by atoms with van der Waals surface area (Å²) in [4.78, 5) is 14.3. The summed E-state index contributed by atoms with van der Waals surface area (Å²) in [5.41, 5.74) is 2.98. The summed E-state index contributed by atoms with van der Waals surface area (Å²) >= 11 is 11.4. The Morgan fingerprint density at radius 2 is 1.93 bits per heavy atom. The fourth-order valence-corrected chi connectivity index (χ4v) is 3.42. The first kappa shape index (κ1) is 17.5. The number of rotatable bonds is 3. The molecule has 0 atom stereocenters. The lowest BCUT2D eigenvalue weighted by atomic mass is 10.2. The Kier molecular flexibility index (Phi) is 4.56. The van der Waals surface area contributed by atoms with Crippen LogP contribution in [-0.2, 0) is 4.79 Å². The van der Waals surface area contributed by atoms with E-state index in [4.69, 9.17) is 28.2 Å². The molecule has 0 radical (unpaired) electrons. The monoisotopic (exact) mass is 394 g/mol. The molecule has 4 nitrogen and oxygen atoms in total. The van der Waals surface area contributed by atoms with Gasteiger partial charge in [-0.25, -0.2) is 0 Å². The maximum atomic E-state index is 12.8. The first-order valence-electron chi connectivity index (χ1n) is 8.31. The van der Waals surface area contributed by atoms with Crippen molar-refractivity contribution in [2.45, 2.75) is 6.92 Å². The molecule has 27 heavy (non-hydrogen) atoms. The van der Waals surface area contributed by atoms with Crippen LogP contribution in [0.25, 0.3) is 17.4 Å². The molecular formula is C21H15ClN2O2S. The van der Waals surface area contributed by atoms with E-state index in [1.807, 2.05) is 55.5 Å². The molecule has 1 aliphatic heterocycles. The van der Waals surface area contributed by atoms with Crippen LogP contribution in [0.5, 0.6) is 0 Å². The highest BCUT2D eigenvalue weighted by molar-refractivity contribution is 7.80. The standard InChI is InChI=1S/C21H15ClN2O2S/c1-13-5-2-3-8-18(13)24-20(25)17(23-21(24)27)12-16-9-10-19(26-16)14-6-4-7-15(22)11-14/h2-12H,1H3,(H,23,27)/b17-12+. The second-order valence-corrected chi connectivity index (χ2v) is 6.95. The topological polar surface area (TPSA) is 45.5 Å². The summed E-state index contributed by atoms with van der Waals surface area (Å²) in [7, 11) is 0. The predicted octanol–water partition coefficient (Wildman–Crippen LogP) is 5.17. The number of carbonyl (C=O) groups is 1. The number of nitrogens with one attached hydrogen (secondary N) is 1. The highest BCUT2D eigenvalue weighted by atomic mass is 35.5. The molecule has 1 aliphatic rings. The molecule has 0 unspecified atom stereocenters. The number of hydrogen-bond acceptors (Lipinski definition) is 3. The van der Waals surface area contributed by atoms with Gasteiger partial charge in [0.2, 0.25) is 0 Å². The number of para-hydroxylation sites is 1. The minimum atomic E-state index is -0.213. The third-order valence-corrected chi connectivity index (χ3v) is 4.78. The van der Waals surface area contributed by atoms with Crippen molar-refractivity contribution in [1.82, 2.24) is 5.32 Å². The first-order chi connectivity index (χ1) is 13.0. The predicted molar refractivity (Wildman–Crippen MR) is 112 cm³/mol. The number of benzene rings is 2. The third-order valence-electron chi connectivity index (χ3n) is 4.26. The Hall–Kier alpha value is -2.89. The molecule has 0 aliphatic carbocycles. The van der Waals surface area contributed by atoms with Crippen molar-refractivity contribution in [3.05, 3.63) is 82.7 Å². The molecule has 0 saturated carbocycles. The second-order valence-electron chi connectivity index (χ2n) is 6.13. The van der Waals surface area contributed by atoms with Crippen LogP contribution < -0.4 is 10.2 Å². The van der Waals surface area contributed by atoms with Gasteiger partial charge in [-0.3, -0.25) is 9.69 Å². The van der Waals surface area contributed by atoms with Crippen LogP contribution in [-0.4, -0.2) is 11.0 Å². The van der Waals surface area contributed by atoms with E-state index in [9.17, 15) is 4.79 Å². The van der Waals surface area contributed by atoms with Crippen LogP contribution in [0.2, 0.25) is 5.02 Å². The number of amides is 1. The van der Waals surface area contributed by atoms with Gasteiger partial charge in [0.25, 0.3) is 5.91 Å². The minimum Gasteiger partial charge on any atom is -0.457 e. The summed E-state index contributed by atoms with van der Waals surface area (Å²) in [6, 6.07) is 18.7. The molecule has 2 aromatic carbocycles. The maximum absolute atomic E-state index is 12.8. The van der Waals surface area contributed by atoms with Gasteiger partial charge in [-0.1, -0.05) is 41.9 Å². The van der Waals surface area contributed by atoms with Gasteiger partial charge in [0.1, 0.15) is 17.2 Å². The van der Waals surface area contributed by atoms with E-state index >= 15 is 0 Å². The second kappa shape index (κ2) is 7.02. The van der Waals surface area contributed by atoms with E-state index in [0.717, 1.165) is 16.8 Å². The largest absolute Gasteiger partial charge is 0.457 e. The van der Waals surface area contributed by atoms with Crippen molar-refractivity contribution in [2.75, 3.05) is 4.90 Å². The normalized spacial score (nSPS) is 15.5. The number of nitrogens with zero attached hydrogens (tertiary/aromatic N) is 1. The number of halogens is 1. The number of thiocarbonyl (C=S) groups is 1. The van der Waals surface area contributed by atoms with Gasteiger partial charge in [0, 0.05) is 16.7 Å². The number of anilines is 1. The Morgan fingerprint density at radius 1 is 1.11 bits per heavy atom. The van der Waals surface area contributed by atoms with Crippen LogP contribution in [0, 0.1) is 6.92 Å². The number of carbonyl (C=O) groups excluding carboxylic acids is 1. The fourth-order valence-electron chi connectivity index (χ4n) is 2.94. The van der Waals surface area contributed by atoms with Gasteiger partial charge in [0.15, 0.2) is 5.11 Å². The first-order valence-corrected chi connectivity index (χ1v) is 9.10. The number of furan rings is 1. The maximum Gasteiger partial charge on any atom is 0.281 e. The SMILES string of the molecule is Cc1ccccc1N1C(=O)/C(=C\c2ccc(-c3cccc(Cl)c3)o2)NC1=S. The van der Waals surface area contributed by atoms with Gasteiger partial charge < -0.3 is 9.73 Å². The Balaban J connectivity index is 1.63. The lowest BCUT2D eigenvalue weighted by Crippen LogP contribution is -2.30. The van der Waals surface area contributed by atoms with E-state index in [1.165, 1.54) is 4.90 Å². The van der Waals surface area contributed by atoms with Crippen LogP contribution in [0.1, 0.15) is 11.3 Å². The highest BCUT2D eigenvalue weighted by Gasteiger charge is 2.32. The van der Waals surface area contributed by atoms with E-state index < -0.39 is 0 Å². The van der Waals surface area contributed by atoms with Gasteiger partial charge in [-0.2, -0.15) is 0 Å². The lowest BCUT2D eigenvalue weighted by molar-refractivity contribution is -0.113. The van der Waals surface area contributed by atoms with Gasteiger partial charge >= 0.3 is 0 Å². The molecule has 1 N–H and O–H groups in total. The molecule has 0 bridgehead atoms. The molecule has 0 spiro atoms. The number of hydrogen-bond donors (Lipinski definition) is 1.